The Hall–Kier alpha value is -3.04. The van der Waals surface area contributed by atoms with Gasteiger partial charge in [-0.25, -0.2) is 4.39 Å². The maximum Gasteiger partial charge on any atom is 0.266 e. The number of amides is 2. The van der Waals surface area contributed by atoms with Crippen LogP contribution in [0.1, 0.15) is 40.2 Å². The van der Waals surface area contributed by atoms with Crippen molar-refractivity contribution in [1.82, 2.24) is 4.90 Å². The van der Waals surface area contributed by atoms with E-state index < -0.39 is 11.7 Å². The topological polar surface area (TPSA) is 80.2 Å². The van der Waals surface area contributed by atoms with Gasteiger partial charge >= 0.3 is 0 Å². The van der Waals surface area contributed by atoms with Gasteiger partial charge in [0.2, 0.25) is 0 Å². The number of anilines is 1. The second-order valence-electron chi connectivity index (χ2n) is 8.49. The molecule has 3 rings (SSSR count). The molecule has 1 fully saturated rings. The number of aliphatic imine (C=N–C) groups is 1. The Labute approximate surface area is 219 Å². The van der Waals surface area contributed by atoms with Gasteiger partial charge in [-0.1, -0.05) is 11.6 Å². The van der Waals surface area contributed by atoms with Gasteiger partial charge in [0.1, 0.15) is 5.82 Å². The van der Waals surface area contributed by atoms with Crippen LogP contribution in [0, 0.1) is 5.82 Å². The largest absolute Gasteiger partial charge is 0.490 e. The van der Waals surface area contributed by atoms with Gasteiger partial charge in [-0.05, 0) is 94.4 Å². The molecule has 1 heterocycles. The van der Waals surface area contributed by atoms with Gasteiger partial charge in [0.05, 0.1) is 16.5 Å². The number of carbonyl (C=O) groups excluding carboxylic acids is 2. The zero-order valence-electron chi connectivity index (χ0n) is 20.8. The summed E-state index contributed by atoms with van der Waals surface area (Å²) in [6.45, 7) is 9.64. The van der Waals surface area contributed by atoms with E-state index in [1.807, 2.05) is 34.6 Å². The summed E-state index contributed by atoms with van der Waals surface area (Å²) >= 11 is 7.82. The molecule has 10 heteroatoms. The van der Waals surface area contributed by atoms with Gasteiger partial charge in [-0.2, -0.15) is 0 Å². The lowest BCUT2D eigenvalue weighted by Gasteiger charge is -2.20. The van der Waals surface area contributed by atoms with Crippen molar-refractivity contribution in [2.75, 3.05) is 18.5 Å². The molecular formula is C26H29ClFN3O4S. The number of thioether (sulfide) groups is 1. The van der Waals surface area contributed by atoms with Gasteiger partial charge in [0.15, 0.2) is 23.3 Å². The molecule has 1 saturated heterocycles. The molecule has 0 spiro atoms. The summed E-state index contributed by atoms with van der Waals surface area (Å²) in [5.74, 6) is -0.401. The third-order valence-electron chi connectivity index (χ3n) is 4.83. The smallest absolute Gasteiger partial charge is 0.266 e. The van der Waals surface area contributed by atoms with E-state index >= 15 is 0 Å². The number of benzene rings is 2. The van der Waals surface area contributed by atoms with Crippen LogP contribution in [0.25, 0.3) is 6.08 Å². The molecule has 192 valence electrons. The highest BCUT2D eigenvalue weighted by molar-refractivity contribution is 8.18. The van der Waals surface area contributed by atoms with Crippen LogP contribution in [0.2, 0.25) is 5.02 Å². The van der Waals surface area contributed by atoms with Crippen molar-refractivity contribution in [3.63, 3.8) is 0 Å². The average Bonchev–Trinajstić information content (AvgIpc) is 3.09. The fraction of sp³-hybridized carbons (Fsp3) is 0.346. The lowest BCUT2D eigenvalue weighted by atomic mass is 10.1. The number of carbonyl (C=O) groups is 2. The summed E-state index contributed by atoms with van der Waals surface area (Å²) in [5.41, 5.74) is 1.09. The van der Waals surface area contributed by atoms with Gasteiger partial charge < -0.3 is 14.8 Å². The lowest BCUT2D eigenvalue weighted by molar-refractivity contribution is -0.123. The minimum atomic E-state index is -0.440. The minimum absolute atomic E-state index is 0.0344. The van der Waals surface area contributed by atoms with Crippen LogP contribution in [0.4, 0.5) is 10.1 Å². The predicted molar refractivity (Wildman–Crippen MR) is 143 cm³/mol. The van der Waals surface area contributed by atoms with E-state index in [0.717, 1.165) is 0 Å². The molecule has 0 aromatic heterocycles. The monoisotopic (exact) mass is 533 g/mol. The normalized spacial score (nSPS) is 15.9. The summed E-state index contributed by atoms with van der Waals surface area (Å²) in [6.07, 6.45) is 1.74. The van der Waals surface area contributed by atoms with Gasteiger partial charge in [-0.15, -0.1) is 0 Å². The van der Waals surface area contributed by atoms with E-state index in [-0.39, 0.29) is 35.4 Å². The van der Waals surface area contributed by atoms with Gasteiger partial charge in [-0.3, -0.25) is 19.5 Å². The molecule has 1 aliphatic heterocycles. The van der Waals surface area contributed by atoms with E-state index in [1.54, 1.807) is 23.1 Å². The molecule has 36 heavy (non-hydrogen) atoms. The molecule has 0 aliphatic carbocycles. The van der Waals surface area contributed by atoms with Crippen LogP contribution < -0.4 is 14.8 Å². The Bertz CT molecular complexity index is 1180. The van der Waals surface area contributed by atoms with Crippen molar-refractivity contribution in [2.45, 2.75) is 46.7 Å². The third kappa shape index (κ3) is 7.01. The zero-order valence-corrected chi connectivity index (χ0v) is 22.4. The number of ether oxygens (including phenoxy) is 2. The first kappa shape index (κ1) is 27.5. The first-order valence-electron chi connectivity index (χ1n) is 11.5. The molecule has 1 aliphatic rings. The Kier molecular flexibility index (Phi) is 9.39. The van der Waals surface area contributed by atoms with Crippen molar-refractivity contribution in [1.29, 1.82) is 0 Å². The highest BCUT2D eigenvalue weighted by Crippen LogP contribution is 2.39. The van der Waals surface area contributed by atoms with Gasteiger partial charge in [0.25, 0.3) is 11.8 Å². The van der Waals surface area contributed by atoms with Crippen molar-refractivity contribution in [2.24, 2.45) is 4.99 Å². The SMILES string of the molecule is CCOc1cc(/C=C2/SC(=NC(C)C)N(C(C)C)C2=O)cc(Cl)c1OCC(=O)Nc1ccc(F)cc1. The molecule has 2 aromatic carbocycles. The maximum absolute atomic E-state index is 13.1. The van der Waals surface area contributed by atoms with Crippen LogP contribution in [-0.2, 0) is 9.59 Å². The number of amidine groups is 1. The Morgan fingerprint density at radius 1 is 1.19 bits per heavy atom. The van der Waals surface area contributed by atoms with Crippen LogP contribution in [0.15, 0.2) is 46.3 Å². The van der Waals surface area contributed by atoms with Gasteiger partial charge in [0, 0.05) is 17.8 Å². The fourth-order valence-electron chi connectivity index (χ4n) is 3.35. The highest BCUT2D eigenvalue weighted by atomic mass is 35.5. The summed E-state index contributed by atoms with van der Waals surface area (Å²) in [4.78, 5) is 32.1. The molecule has 0 bridgehead atoms. The number of hydrogen-bond acceptors (Lipinski definition) is 6. The van der Waals surface area contributed by atoms with E-state index in [0.29, 0.717) is 33.7 Å². The molecule has 0 saturated carbocycles. The average molecular weight is 534 g/mol. The summed E-state index contributed by atoms with van der Waals surface area (Å²) in [6, 6.07) is 8.78. The van der Waals surface area contributed by atoms with Crippen LogP contribution in [-0.4, -0.2) is 47.2 Å². The van der Waals surface area contributed by atoms with Crippen LogP contribution in [0.3, 0.4) is 0 Å². The van der Waals surface area contributed by atoms with Crippen molar-refractivity contribution in [3.05, 3.63) is 57.7 Å². The van der Waals surface area contributed by atoms with Crippen LogP contribution in [0.5, 0.6) is 11.5 Å². The molecule has 1 N–H and O–H groups in total. The molecular weight excluding hydrogens is 505 g/mol. The molecule has 7 nitrogen and oxygen atoms in total. The predicted octanol–water partition coefficient (Wildman–Crippen LogP) is 5.98. The number of halogens is 2. The number of nitrogens with one attached hydrogen (secondary N) is 1. The number of nitrogens with zero attached hydrogens (tertiary/aromatic N) is 2. The summed E-state index contributed by atoms with van der Waals surface area (Å²) in [7, 11) is 0. The molecule has 0 unspecified atom stereocenters. The number of rotatable bonds is 9. The van der Waals surface area contributed by atoms with E-state index in [2.05, 4.69) is 10.3 Å². The van der Waals surface area contributed by atoms with E-state index in [1.165, 1.54) is 36.0 Å². The molecule has 2 amide bonds. The van der Waals surface area contributed by atoms with Crippen LogP contribution >= 0.6 is 23.4 Å². The van der Waals surface area contributed by atoms with Crippen molar-refractivity contribution in [3.8, 4) is 11.5 Å². The summed E-state index contributed by atoms with van der Waals surface area (Å²) in [5, 5.41) is 3.52. The minimum Gasteiger partial charge on any atom is -0.490 e. The Morgan fingerprint density at radius 2 is 1.89 bits per heavy atom. The first-order chi connectivity index (χ1) is 17.1. The first-order valence-corrected chi connectivity index (χ1v) is 12.7. The van der Waals surface area contributed by atoms with Crippen molar-refractivity contribution < 1.29 is 23.5 Å². The lowest BCUT2D eigenvalue weighted by Crippen LogP contribution is -2.35. The third-order valence-corrected chi connectivity index (χ3v) is 6.10. The Morgan fingerprint density at radius 3 is 2.50 bits per heavy atom. The number of hydrogen-bond donors (Lipinski definition) is 1. The molecule has 2 aromatic rings. The Balaban J connectivity index is 1.81. The second kappa shape index (κ2) is 12.3. The maximum atomic E-state index is 13.1. The van der Waals surface area contributed by atoms with E-state index in [4.69, 9.17) is 21.1 Å². The van der Waals surface area contributed by atoms with E-state index in [9.17, 15) is 14.0 Å². The highest BCUT2D eigenvalue weighted by Gasteiger charge is 2.35. The molecule has 0 radical (unpaired) electrons. The fourth-order valence-corrected chi connectivity index (χ4v) is 4.85. The standard InChI is InChI=1S/C26H29ClFN3O4S/c1-6-34-21-12-17(13-22-25(33)31(16(4)5)26(36-22)29-15(2)3)11-20(27)24(21)35-14-23(32)30-19-9-7-18(28)8-10-19/h7-13,15-16H,6,14H2,1-5H3,(H,30,32)/b22-13+,29-26?. The molecule has 0 atom stereocenters. The summed E-state index contributed by atoms with van der Waals surface area (Å²) < 4.78 is 24.4. The zero-order chi connectivity index (χ0) is 26.4. The van der Waals surface area contributed by atoms with Crippen molar-refractivity contribution >= 4 is 52.1 Å². The quantitative estimate of drug-likeness (QED) is 0.401. The second-order valence-corrected chi connectivity index (χ2v) is 9.91.